The lowest BCUT2D eigenvalue weighted by Gasteiger charge is -2.33. The van der Waals surface area contributed by atoms with Crippen LogP contribution in [0.15, 0.2) is 18.5 Å². The maximum absolute atomic E-state index is 13.6. The summed E-state index contributed by atoms with van der Waals surface area (Å²) in [7, 11) is 0. The lowest BCUT2D eigenvalue weighted by atomic mass is 10.0. The van der Waals surface area contributed by atoms with E-state index in [9.17, 15) is 18.0 Å². The van der Waals surface area contributed by atoms with E-state index in [0.29, 0.717) is 25.2 Å². The van der Waals surface area contributed by atoms with E-state index in [1.807, 2.05) is 11.8 Å². The van der Waals surface area contributed by atoms with Crippen molar-refractivity contribution in [2.24, 2.45) is 0 Å². The molecule has 0 spiro atoms. The highest BCUT2D eigenvalue weighted by Crippen LogP contribution is 2.38. The summed E-state index contributed by atoms with van der Waals surface area (Å²) in [5.41, 5.74) is -0.188. The van der Waals surface area contributed by atoms with Gasteiger partial charge in [-0.25, -0.2) is 19.7 Å². The molecule has 0 saturated carbocycles. The second-order valence-corrected chi connectivity index (χ2v) is 7.06. The number of carbonyl (C=O) groups is 1. The van der Waals surface area contributed by atoms with Crippen LogP contribution >= 0.6 is 0 Å². The summed E-state index contributed by atoms with van der Waals surface area (Å²) in [5, 5.41) is 5.70. The Morgan fingerprint density at radius 2 is 2.03 bits per heavy atom. The standard InChI is InChI=1S/C18H19F3N6O2/c1-9-7-27(4-3-22-9)13-6-11(18(19,20)21)5-12(25-13)15-14-10(2)29-17(28)26-16(14)24-8-23-15/h5-6,8-10,22H,3-4,7H2,1-2H3,(H,23,24,26,28)/t9-,10-/m0/s1. The van der Waals surface area contributed by atoms with Crippen LogP contribution in [0.1, 0.15) is 31.1 Å². The van der Waals surface area contributed by atoms with Crippen LogP contribution in [-0.4, -0.2) is 46.7 Å². The number of halogens is 3. The maximum Gasteiger partial charge on any atom is 0.416 e. The topological polar surface area (TPSA) is 92.3 Å². The Hall–Kier alpha value is -2.95. The van der Waals surface area contributed by atoms with Crippen molar-refractivity contribution in [1.82, 2.24) is 20.3 Å². The van der Waals surface area contributed by atoms with Crippen LogP contribution in [-0.2, 0) is 10.9 Å². The quantitative estimate of drug-likeness (QED) is 0.789. The zero-order valence-electron chi connectivity index (χ0n) is 15.7. The molecule has 11 heteroatoms. The first-order valence-corrected chi connectivity index (χ1v) is 9.13. The van der Waals surface area contributed by atoms with Crippen LogP contribution in [0.3, 0.4) is 0 Å². The smallest absolute Gasteiger partial charge is 0.416 e. The van der Waals surface area contributed by atoms with Crippen molar-refractivity contribution in [2.75, 3.05) is 29.9 Å². The molecule has 0 radical (unpaired) electrons. The number of amides is 1. The van der Waals surface area contributed by atoms with Crippen LogP contribution in [0.2, 0.25) is 0 Å². The summed E-state index contributed by atoms with van der Waals surface area (Å²) in [5.74, 6) is 0.430. The van der Waals surface area contributed by atoms with Gasteiger partial charge in [0.1, 0.15) is 29.8 Å². The molecule has 1 fully saturated rings. The zero-order chi connectivity index (χ0) is 20.8. The molecule has 2 aliphatic rings. The fraction of sp³-hybridized carbons (Fsp3) is 0.444. The number of ether oxygens (including phenoxy) is 1. The van der Waals surface area contributed by atoms with Gasteiger partial charge in [0.25, 0.3) is 0 Å². The zero-order valence-corrected chi connectivity index (χ0v) is 15.7. The molecule has 2 aliphatic heterocycles. The van der Waals surface area contributed by atoms with E-state index in [1.165, 1.54) is 6.33 Å². The first-order valence-electron chi connectivity index (χ1n) is 9.13. The van der Waals surface area contributed by atoms with Gasteiger partial charge in [0, 0.05) is 25.7 Å². The normalized spacial score (nSPS) is 22.0. The average Bonchev–Trinajstić information content (AvgIpc) is 2.66. The summed E-state index contributed by atoms with van der Waals surface area (Å²) >= 11 is 0. The summed E-state index contributed by atoms with van der Waals surface area (Å²) in [4.78, 5) is 26.0. The third-order valence-electron chi connectivity index (χ3n) is 4.87. The molecule has 2 atom stereocenters. The van der Waals surface area contributed by atoms with Gasteiger partial charge in [0.15, 0.2) is 0 Å². The minimum Gasteiger partial charge on any atom is -0.441 e. The highest BCUT2D eigenvalue weighted by atomic mass is 19.4. The average molecular weight is 408 g/mol. The fourth-order valence-electron chi connectivity index (χ4n) is 3.53. The number of nitrogens with zero attached hydrogens (tertiary/aromatic N) is 4. The number of aromatic nitrogens is 3. The molecule has 2 aromatic heterocycles. The van der Waals surface area contributed by atoms with Crippen molar-refractivity contribution in [3.63, 3.8) is 0 Å². The molecule has 4 rings (SSSR count). The van der Waals surface area contributed by atoms with E-state index in [-0.39, 0.29) is 29.1 Å². The number of piperazine rings is 1. The molecule has 0 aliphatic carbocycles. The molecule has 8 nitrogen and oxygen atoms in total. The third-order valence-corrected chi connectivity index (χ3v) is 4.87. The molecule has 2 N–H and O–H groups in total. The van der Waals surface area contributed by atoms with Crippen LogP contribution < -0.4 is 15.5 Å². The van der Waals surface area contributed by atoms with E-state index in [1.54, 1.807) is 6.92 Å². The molecule has 0 unspecified atom stereocenters. The first kappa shape index (κ1) is 19.4. The van der Waals surface area contributed by atoms with Crippen LogP contribution in [0, 0.1) is 0 Å². The predicted octanol–water partition coefficient (Wildman–Crippen LogP) is 2.98. The van der Waals surface area contributed by atoms with Crippen LogP contribution in [0.5, 0.6) is 0 Å². The monoisotopic (exact) mass is 408 g/mol. The van der Waals surface area contributed by atoms with Crippen LogP contribution in [0.4, 0.5) is 29.6 Å². The Bertz CT molecular complexity index is 952. The van der Waals surface area contributed by atoms with Gasteiger partial charge in [-0.2, -0.15) is 13.2 Å². The van der Waals surface area contributed by atoms with Crippen molar-refractivity contribution in [2.45, 2.75) is 32.2 Å². The van der Waals surface area contributed by atoms with E-state index in [0.717, 1.165) is 12.1 Å². The molecule has 0 bridgehead atoms. The van der Waals surface area contributed by atoms with Gasteiger partial charge >= 0.3 is 12.3 Å². The summed E-state index contributed by atoms with van der Waals surface area (Å²) in [6.07, 6.45) is -4.77. The number of anilines is 2. The van der Waals surface area contributed by atoms with Crippen molar-refractivity contribution in [3.8, 4) is 11.4 Å². The highest BCUT2D eigenvalue weighted by molar-refractivity contribution is 5.88. The number of pyridine rings is 1. The van der Waals surface area contributed by atoms with Crippen molar-refractivity contribution >= 4 is 17.7 Å². The lowest BCUT2D eigenvalue weighted by Crippen LogP contribution is -2.49. The maximum atomic E-state index is 13.6. The van der Waals surface area contributed by atoms with Gasteiger partial charge in [-0.3, -0.25) is 5.32 Å². The van der Waals surface area contributed by atoms with E-state index in [4.69, 9.17) is 4.74 Å². The van der Waals surface area contributed by atoms with Crippen molar-refractivity contribution in [3.05, 3.63) is 29.6 Å². The molecule has 4 heterocycles. The number of carbonyl (C=O) groups excluding carboxylic acids is 1. The fourth-order valence-corrected chi connectivity index (χ4v) is 3.53. The van der Waals surface area contributed by atoms with Gasteiger partial charge in [-0.05, 0) is 26.0 Å². The highest BCUT2D eigenvalue weighted by Gasteiger charge is 2.34. The van der Waals surface area contributed by atoms with Crippen molar-refractivity contribution < 1.29 is 22.7 Å². The molecule has 0 aromatic carbocycles. The number of cyclic esters (lactones) is 1. The number of alkyl halides is 3. The molecule has 1 saturated heterocycles. The summed E-state index contributed by atoms with van der Waals surface area (Å²) in [6, 6.07) is 2.14. The SMILES string of the molecule is C[C@@H]1OC(=O)Nc2ncnc(-c3cc(C(F)(F)F)cc(N4CCN[C@@H](C)C4)n3)c21. The number of fused-ring (bicyclic) bond motifs is 1. The van der Waals surface area contributed by atoms with Gasteiger partial charge < -0.3 is 15.0 Å². The Morgan fingerprint density at radius 1 is 1.24 bits per heavy atom. The Kier molecular flexibility index (Phi) is 4.77. The molecule has 29 heavy (non-hydrogen) atoms. The summed E-state index contributed by atoms with van der Waals surface area (Å²) in [6.45, 7) is 5.29. The number of rotatable bonds is 2. The van der Waals surface area contributed by atoms with Crippen molar-refractivity contribution in [1.29, 1.82) is 0 Å². The summed E-state index contributed by atoms with van der Waals surface area (Å²) < 4.78 is 45.9. The minimum atomic E-state index is -4.55. The second-order valence-electron chi connectivity index (χ2n) is 7.06. The number of hydrogen-bond acceptors (Lipinski definition) is 7. The van der Waals surface area contributed by atoms with E-state index < -0.39 is 23.9 Å². The third kappa shape index (κ3) is 3.82. The predicted molar refractivity (Wildman–Crippen MR) is 98.5 cm³/mol. The Morgan fingerprint density at radius 3 is 2.76 bits per heavy atom. The second kappa shape index (κ2) is 7.14. The van der Waals surface area contributed by atoms with Gasteiger partial charge in [0.05, 0.1) is 16.8 Å². The number of nitrogens with one attached hydrogen (secondary N) is 2. The van der Waals surface area contributed by atoms with Gasteiger partial charge in [-0.15, -0.1) is 0 Å². The van der Waals surface area contributed by atoms with E-state index >= 15 is 0 Å². The van der Waals surface area contributed by atoms with Gasteiger partial charge in [0.2, 0.25) is 0 Å². The molecular weight excluding hydrogens is 389 g/mol. The largest absolute Gasteiger partial charge is 0.441 e. The minimum absolute atomic E-state index is 0.0475. The lowest BCUT2D eigenvalue weighted by molar-refractivity contribution is -0.137. The van der Waals surface area contributed by atoms with Crippen LogP contribution in [0.25, 0.3) is 11.4 Å². The molecule has 2 aromatic rings. The molecular formula is C18H19F3N6O2. The Balaban J connectivity index is 1.85. The Labute approximate surface area is 164 Å². The van der Waals surface area contributed by atoms with E-state index in [2.05, 4.69) is 25.6 Å². The molecule has 1 amide bonds. The molecule has 154 valence electrons. The first-order chi connectivity index (χ1) is 13.7. The number of hydrogen-bond donors (Lipinski definition) is 2. The van der Waals surface area contributed by atoms with Gasteiger partial charge in [-0.1, -0.05) is 0 Å².